The normalized spacial score (nSPS) is 14.5. The zero-order chi connectivity index (χ0) is 20.8. The molecule has 0 N–H and O–H groups in total. The number of benzene rings is 2. The number of piperazine rings is 1. The van der Waals surface area contributed by atoms with Crippen molar-refractivity contribution < 1.29 is 19.1 Å². The molecule has 1 heterocycles. The predicted octanol–water partition coefficient (Wildman–Crippen LogP) is 3.27. The Morgan fingerprint density at radius 3 is 2.34 bits per heavy atom. The minimum absolute atomic E-state index is 0.0894. The maximum atomic E-state index is 12.6. The van der Waals surface area contributed by atoms with Gasteiger partial charge in [0.1, 0.15) is 11.5 Å². The second kappa shape index (κ2) is 9.76. The van der Waals surface area contributed by atoms with Crippen LogP contribution < -0.4 is 9.47 Å². The number of ketones is 1. The van der Waals surface area contributed by atoms with Gasteiger partial charge in [0.2, 0.25) is 0 Å². The van der Waals surface area contributed by atoms with Crippen LogP contribution in [0.3, 0.4) is 0 Å². The van der Waals surface area contributed by atoms with Gasteiger partial charge in [-0.3, -0.25) is 14.5 Å². The topological polar surface area (TPSA) is 59.1 Å². The van der Waals surface area contributed by atoms with E-state index in [0.717, 1.165) is 24.7 Å². The Morgan fingerprint density at radius 1 is 1.03 bits per heavy atom. The first kappa shape index (κ1) is 21.1. The highest BCUT2D eigenvalue weighted by molar-refractivity contribution is 6.30. The number of rotatable bonds is 7. The molecule has 0 saturated carbocycles. The second-order valence-electron chi connectivity index (χ2n) is 6.99. The second-order valence-corrected chi connectivity index (χ2v) is 7.43. The zero-order valence-electron chi connectivity index (χ0n) is 16.7. The van der Waals surface area contributed by atoms with E-state index in [4.69, 9.17) is 21.1 Å². The van der Waals surface area contributed by atoms with E-state index in [1.165, 1.54) is 12.5 Å². The fourth-order valence-corrected chi connectivity index (χ4v) is 3.40. The first-order valence-corrected chi connectivity index (χ1v) is 9.90. The maximum absolute atomic E-state index is 12.6. The Bertz CT molecular complexity index is 862. The van der Waals surface area contributed by atoms with Crippen LogP contribution in [0.25, 0.3) is 0 Å². The van der Waals surface area contributed by atoms with Crippen molar-refractivity contribution >= 4 is 23.3 Å². The molecule has 1 aliphatic heterocycles. The maximum Gasteiger partial charge on any atom is 0.260 e. The van der Waals surface area contributed by atoms with Crippen molar-refractivity contribution in [2.24, 2.45) is 0 Å². The highest BCUT2D eigenvalue weighted by Crippen LogP contribution is 2.25. The fraction of sp³-hybridized carbons (Fsp3) is 0.364. The molecule has 2 aromatic rings. The van der Waals surface area contributed by atoms with E-state index in [0.29, 0.717) is 30.2 Å². The van der Waals surface area contributed by atoms with Gasteiger partial charge in [-0.2, -0.15) is 0 Å². The number of hydrogen-bond acceptors (Lipinski definition) is 5. The van der Waals surface area contributed by atoms with E-state index < -0.39 is 0 Å². The number of halogens is 1. The molecule has 3 rings (SSSR count). The summed E-state index contributed by atoms with van der Waals surface area (Å²) in [5, 5.41) is 0.730. The number of amides is 1. The fourth-order valence-electron chi connectivity index (χ4n) is 3.27. The van der Waals surface area contributed by atoms with Crippen molar-refractivity contribution in [3.63, 3.8) is 0 Å². The van der Waals surface area contributed by atoms with E-state index in [-0.39, 0.29) is 18.3 Å². The van der Waals surface area contributed by atoms with E-state index in [1.807, 2.05) is 24.3 Å². The van der Waals surface area contributed by atoms with Crippen molar-refractivity contribution in [1.82, 2.24) is 9.80 Å². The van der Waals surface area contributed by atoms with Gasteiger partial charge >= 0.3 is 0 Å². The summed E-state index contributed by atoms with van der Waals surface area (Å²) in [4.78, 5) is 28.5. The van der Waals surface area contributed by atoms with Gasteiger partial charge in [-0.15, -0.1) is 0 Å². The summed E-state index contributed by atoms with van der Waals surface area (Å²) in [6.45, 7) is 5.09. The lowest BCUT2D eigenvalue weighted by Gasteiger charge is -2.34. The van der Waals surface area contributed by atoms with E-state index >= 15 is 0 Å². The van der Waals surface area contributed by atoms with Crippen LogP contribution in [0.15, 0.2) is 42.5 Å². The summed E-state index contributed by atoms with van der Waals surface area (Å²) in [7, 11) is 1.54. The Labute approximate surface area is 176 Å². The molecule has 1 saturated heterocycles. The highest BCUT2D eigenvalue weighted by Gasteiger charge is 2.22. The lowest BCUT2D eigenvalue weighted by atomic mass is 10.1. The average Bonchev–Trinajstić information content (AvgIpc) is 2.73. The van der Waals surface area contributed by atoms with E-state index in [1.54, 1.807) is 30.2 Å². The first-order chi connectivity index (χ1) is 14.0. The van der Waals surface area contributed by atoms with Gasteiger partial charge in [-0.1, -0.05) is 23.7 Å². The standard InChI is InChI=1S/C22H25ClN2O4/c1-16(26)20-8-7-19(28-2)13-21(20)29-15-22(27)25-11-9-24(10-12-25)14-17-3-5-18(23)6-4-17/h3-8,13H,9-12,14-15H2,1-2H3. The van der Waals surface area contributed by atoms with E-state index in [9.17, 15) is 9.59 Å². The average molecular weight is 417 g/mol. The lowest BCUT2D eigenvalue weighted by Crippen LogP contribution is -2.49. The third-order valence-electron chi connectivity index (χ3n) is 4.96. The largest absolute Gasteiger partial charge is 0.497 e. The molecule has 6 nitrogen and oxygen atoms in total. The minimum atomic E-state index is -0.120. The van der Waals surface area contributed by atoms with Crippen LogP contribution in [0.5, 0.6) is 11.5 Å². The number of Topliss-reactive ketones (excluding diaryl/α,β-unsaturated/α-hetero) is 1. The monoisotopic (exact) mass is 416 g/mol. The molecule has 1 amide bonds. The van der Waals surface area contributed by atoms with Crippen LogP contribution >= 0.6 is 11.6 Å². The number of carbonyl (C=O) groups is 2. The summed E-state index contributed by atoms with van der Waals surface area (Å²) >= 11 is 5.93. The van der Waals surface area contributed by atoms with Crippen molar-refractivity contribution in [2.75, 3.05) is 39.9 Å². The first-order valence-electron chi connectivity index (χ1n) is 9.52. The van der Waals surface area contributed by atoms with Gasteiger partial charge in [0, 0.05) is 43.8 Å². The molecular weight excluding hydrogens is 392 g/mol. The van der Waals surface area contributed by atoms with Crippen molar-refractivity contribution in [3.05, 3.63) is 58.6 Å². The molecule has 0 aromatic heterocycles. The van der Waals surface area contributed by atoms with Gasteiger partial charge in [-0.25, -0.2) is 0 Å². The van der Waals surface area contributed by atoms with Gasteiger partial charge < -0.3 is 14.4 Å². The van der Waals surface area contributed by atoms with Crippen LogP contribution in [0.4, 0.5) is 0 Å². The number of nitrogens with zero attached hydrogens (tertiary/aromatic N) is 2. The Kier molecular flexibility index (Phi) is 7.12. The van der Waals surface area contributed by atoms with Crippen LogP contribution in [-0.2, 0) is 11.3 Å². The lowest BCUT2D eigenvalue weighted by molar-refractivity contribution is -0.135. The molecule has 29 heavy (non-hydrogen) atoms. The number of methoxy groups -OCH3 is 1. The molecule has 154 valence electrons. The molecule has 0 atom stereocenters. The molecule has 0 unspecified atom stereocenters. The van der Waals surface area contributed by atoms with Crippen LogP contribution in [-0.4, -0.2) is 61.4 Å². The summed E-state index contributed by atoms with van der Waals surface area (Å²) in [6.07, 6.45) is 0. The van der Waals surface area contributed by atoms with Crippen molar-refractivity contribution in [1.29, 1.82) is 0 Å². The summed E-state index contributed by atoms with van der Waals surface area (Å²) in [5.41, 5.74) is 1.64. The van der Waals surface area contributed by atoms with Gasteiger partial charge in [0.05, 0.1) is 12.7 Å². The van der Waals surface area contributed by atoms with Crippen LogP contribution in [0, 0.1) is 0 Å². The number of hydrogen-bond donors (Lipinski definition) is 0. The predicted molar refractivity (Wildman–Crippen MR) is 112 cm³/mol. The third kappa shape index (κ3) is 5.71. The van der Waals surface area contributed by atoms with Gasteiger partial charge in [0.25, 0.3) is 5.91 Å². The minimum Gasteiger partial charge on any atom is -0.497 e. The van der Waals surface area contributed by atoms with Crippen LogP contribution in [0.1, 0.15) is 22.8 Å². The Balaban J connectivity index is 1.51. The Hall–Kier alpha value is -2.57. The van der Waals surface area contributed by atoms with E-state index in [2.05, 4.69) is 4.90 Å². The molecule has 1 fully saturated rings. The summed E-state index contributed by atoms with van der Waals surface area (Å²) < 4.78 is 10.9. The zero-order valence-corrected chi connectivity index (χ0v) is 17.4. The summed E-state index contributed by atoms with van der Waals surface area (Å²) in [5.74, 6) is 0.735. The van der Waals surface area contributed by atoms with Crippen LogP contribution in [0.2, 0.25) is 5.02 Å². The number of carbonyl (C=O) groups excluding carboxylic acids is 2. The quantitative estimate of drug-likeness (QED) is 0.648. The SMILES string of the molecule is COc1ccc(C(C)=O)c(OCC(=O)N2CCN(Cc3ccc(Cl)cc3)CC2)c1. The third-order valence-corrected chi connectivity index (χ3v) is 5.22. The Morgan fingerprint density at radius 2 is 1.72 bits per heavy atom. The van der Waals surface area contributed by atoms with Gasteiger partial charge in [-0.05, 0) is 36.8 Å². The molecule has 0 bridgehead atoms. The highest BCUT2D eigenvalue weighted by atomic mass is 35.5. The van der Waals surface area contributed by atoms with Gasteiger partial charge in [0.15, 0.2) is 12.4 Å². The molecule has 2 aromatic carbocycles. The van der Waals surface area contributed by atoms with Crippen molar-refractivity contribution in [2.45, 2.75) is 13.5 Å². The summed E-state index contributed by atoms with van der Waals surface area (Å²) in [6, 6.07) is 12.8. The molecular formula is C22H25ClN2O4. The molecule has 1 aliphatic rings. The number of ether oxygens (including phenoxy) is 2. The molecule has 7 heteroatoms. The molecule has 0 aliphatic carbocycles. The molecule has 0 spiro atoms. The molecule has 0 radical (unpaired) electrons. The smallest absolute Gasteiger partial charge is 0.260 e. The van der Waals surface area contributed by atoms with Crippen molar-refractivity contribution in [3.8, 4) is 11.5 Å².